The van der Waals surface area contributed by atoms with Crippen LogP contribution in [0.15, 0.2) is 49.0 Å². The van der Waals surface area contributed by atoms with E-state index in [1.54, 1.807) is 12.1 Å². The number of ether oxygens (including phenoxy) is 2. The van der Waals surface area contributed by atoms with E-state index in [4.69, 9.17) is 21.1 Å². The third-order valence-corrected chi connectivity index (χ3v) is 4.44. The lowest BCUT2D eigenvalue weighted by Crippen LogP contribution is -2.59. The second kappa shape index (κ2) is 7.81. The van der Waals surface area contributed by atoms with Gasteiger partial charge >= 0.3 is 12.3 Å². The van der Waals surface area contributed by atoms with Crippen molar-refractivity contribution in [3.05, 3.63) is 71.0 Å². The van der Waals surface area contributed by atoms with Gasteiger partial charge in [-0.2, -0.15) is 13.2 Å². The first-order valence-corrected chi connectivity index (χ1v) is 8.58. The van der Waals surface area contributed by atoms with Crippen molar-refractivity contribution in [2.75, 3.05) is 13.2 Å². The average molecular weight is 413 g/mol. The molecule has 0 radical (unpaired) electrons. The lowest BCUT2D eigenvalue weighted by molar-refractivity contribution is -0.0765. The molecule has 2 aromatic rings. The van der Waals surface area contributed by atoms with Crippen LogP contribution in [0.2, 0.25) is 5.15 Å². The summed E-state index contributed by atoms with van der Waals surface area (Å²) in [7, 11) is 0. The van der Waals surface area contributed by atoms with E-state index in [1.807, 2.05) is 18.2 Å². The predicted molar refractivity (Wildman–Crippen MR) is 96.6 cm³/mol. The maximum absolute atomic E-state index is 13.0. The van der Waals surface area contributed by atoms with Crippen molar-refractivity contribution in [1.29, 1.82) is 0 Å². The Morgan fingerprint density at radius 3 is 2.54 bits per heavy atom. The number of pyridine rings is 1. The number of hydrogen-bond donors (Lipinski definition) is 1. The number of amides is 1. The van der Waals surface area contributed by atoms with Crippen LogP contribution in [0.1, 0.15) is 16.8 Å². The Morgan fingerprint density at radius 2 is 1.96 bits per heavy atom. The first-order chi connectivity index (χ1) is 13.2. The van der Waals surface area contributed by atoms with E-state index in [-0.39, 0.29) is 25.0 Å². The molecular formula is C19H16ClF3N2O3. The van der Waals surface area contributed by atoms with Gasteiger partial charge < -0.3 is 14.8 Å². The van der Waals surface area contributed by atoms with Gasteiger partial charge in [0.25, 0.3) is 0 Å². The van der Waals surface area contributed by atoms with E-state index < -0.39 is 29.1 Å². The highest BCUT2D eigenvalue weighted by atomic mass is 35.5. The summed E-state index contributed by atoms with van der Waals surface area (Å²) in [4.78, 5) is 15.9. The Bertz CT molecular complexity index is 884. The number of rotatable bonds is 5. The zero-order valence-electron chi connectivity index (χ0n) is 14.6. The van der Waals surface area contributed by atoms with Crippen LogP contribution in [0.4, 0.5) is 18.0 Å². The molecular weight excluding hydrogens is 397 g/mol. The molecule has 1 aliphatic heterocycles. The molecule has 1 aromatic carbocycles. The van der Waals surface area contributed by atoms with E-state index in [9.17, 15) is 18.0 Å². The van der Waals surface area contributed by atoms with E-state index in [1.165, 1.54) is 12.1 Å². The minimum Gasteiger partial charge on any atom is -0.445 e. The zero-order chi connectivity index (χ0) is 20.4. The average Bonchev–Trinajstić information content (AvgIpc) is 2.62. The molecule has 148 valence electrons. The van der Waals surface area contributed by atoms with Gasteiger partial charge in [-0.3, -0.25) is 0 Å². The molecule has 1 fully saturated rings. The first kappa shape index (κ1) is 20.2. The molecule has 2 heterocycles. The summed E-state index contributed by atoms with van der Waals surface area (Å²) in [5.41, 5.74) is -1.47. The molecule has 0 saturated carbocycles. The second-order valence-electron chi connectivity index (χ2n) is 6.30. The minimum atomic E-state index is -4.65. The van der Waals surface area contributed by atoms with Gasteiger partial charge in [-0.25, -0.2) is 9.78 Å². The van der Waals surface area contributed by atoms with E-state index in [0.29, 0.717) is 5.56 Å². The molecule has 1 saturated heterocycles. The summed E-state index contributed by atoms with van der Waals surface area (Å²) in [6.45, 7) is 3.21. The topological polar surface area (TPSA) is 60.5 Å². The number of aromatic nitrogens is 1. The molecule has 3 rings (SSSR count). The Morgan fingerprint density at radius 1 is 1.29 bits per heavy atom. The van der Waals surface area contributed by atoms with E-state index >= 15 is 0 Å². The fraction of sp³-hybridized carbons (Fsp3) is 0.263. The Kier molecular flexibility index (Phi) is 5.62. The van der Waals surface area contributed by atoms with Crippen molar-refractivity contribution in [3.63, 3.8) is 0 Å². The van der Waals surface area contributed by atoms with Crippen LogP contribution >= 0.6 is 11.6 Å². The van der Waals surface area contributed by atoms with Crippen LogP contribution < -0.4 is 5.32 Å². The van der Waals surface area contributed by atoms with Crippen molar-refractivity contribution >= 4 is 23.3 Å². The molecule has 9 heteroatoms. The van der Waals surface area contributed by atoms with Gasteiger partial charge in [-0.1, -0.05) is 48.5 Å². The van der Waals surface area contributed by atoms with Crippen LogP contribution in [-0.2, 0) is 21.6 Å². The van der Waals surface area contributed by atoms with Gasteiger partial charge in [-0.15, -0.1) is 0 Å². The molecule has 1 amide bonds. The SMILES string of the molecule is C=C(c1cc(C2(NC(=O)OCc3ccccc3)COC2)cc(Cl)n1)C(F)(F)F. The molecule has 0 aliphatic carbocycles. The lowest BCUT2D eigenvalue weighted by atomic mass is 9.87. The first-order valence-electron chi connectivity index (χ1n) is 8.21. The Balaban J connectivity index is 1.77. The quantitative estimate of drug-likeness (QED) is 0.736. The highest BCUT2D eigenvalue weighted by molar-refractivity contribution is 6.29. The molecule has 0 unspecified atom stereocenters. The number of carbonyl (C=O) groups is 1. The minimum absolute atomic E-state index is 0.0524. The highest BCUT2D eigenvalue weighted by Gasteiger charge is 2.44. The molecule has 5 nitrogen and oxygen atoms in total. The van der Waals surface area contributed by atoms with Crippen LogP contribution in [0.3, 0.4) is 0 Å². The molecule has 1 aliphatic rings. The molecule has 0 bridgehead atoms. The van der Waals surface area contributed by atoms with Gasteiger partial charge in [0.05, 0.1) is 24.5 Å². The maximum atomic E-state index is 13.0. The summed E-state index contributed by atoms with van der Waals surface area (Å²) in [6, 6.07) is 11.6. The molecule has 1 N–H and O–H groups in total. The van der Waals surface area contributed by atoms with Gasteiger partial charge in [0.15, 0.2) is 0 Å². The smallest absolute Gasteiger partial charge is 0.417 e. The number of alkyl halides is 3. The van der Waals surface area contributed by atoms with Crippen molar-refractivity contribution < 1.29 is 27.4 Å². The number of nitrogens with zero attached hydrogens (tertiary/aromatic N) is 1. The zero-order valence-corrected chi connectivity index (χ0v) is 15.3. The number of hydrogen-bond acceptors (Lipinski definition) is 4. The second-order valence-corrected chi connectivity index (χ2v) is 6.69. The summed E-state index contributed by atoms with van der Waals surface area (Å²) in [6.07, 6.45) is -5.38. The summed E-state index contributed by atoms with van der Waals surface area (Å²) < 4.78 is 49.3. The van der Waals surface area contributed by atoms with Gasteiger partial charge in [0, 0.05) is 0 Å². The number of halogens is 4. The normalized spacial score (nSPS) is 15.4. The Hall–Kier alpha value is -2.58. The summed E-state index contributed by atoms with van der Waals surface area (Å²) >= 11 is 5.90. The van der Waals surface area contributed by atoms with Crippen molar-refractivity contribution in [2.24, 2.45) is 0 Å². The third-order valence-electron chi connectivity index (χ3n) is 4.25. The fourth-order valence-electron chi connectivity index (χ4n) is 2.64. The maximum Gasteiger partial charge on any atom is 0.417 e. The number of nitrogens with one attached hydrogen (secondary N) is 1. The molecule has 28 heavy (non-hydrogen) atoms. The summed E-state index contributed by atoms with van der Waals surface area (Å²) in [5.74, 6) is 0. The molecule has 0 spiro atoms. The fourth-order valence-corrected chi connectivity index (χ4v) is 2.85. The highest BCUT2D eigenvalue weighted by Crippen LogP contribution is 2.36. The van der Waals surface area contributed by atoms with Crippen LogP contribution in [0.5, 0.6) is 0 Å². The Labute approximate surface area is 164 Å². The largest absolute Gasteiger partial charge is 0.445 e. The van der Waals surface area contributed by atoms with Crippen molar-refractivity contribution in [3.8, 4) is 0 Å². The molecule has 0 atom stereocenters. The molecule has 1 aromatic heterocycles. The van der Waals surface area contributed by atoms with Crippen molar-refractivity contribution in [2.45, 2.75) is 18.3 Å². The number of alkyl carbamates (subject to hydrolysis) is 1. The number of allylic oxidation sites excluding steroid dienone is 1. The number of carbonyl (C=O) groups excluding carboxylic acids is 1. The van der Waals surface area contributed by atoms with E-state index in [2.05, 4.69) is 16.9 Å². The monoisotopic (exact) mass is 412 g/mol. The van der Waals surface area contributed by atoms with Crippen molar-refractivity contribution in [1.82, 2.24) is 10.3 Å². The van der Waals surface area contributed by atoms with Crippen LogP contribution in [-0.4, -0.2) is 30.5 Å². The predicted octanol–water partition coefficient (Wildman–Crippen LogP) is 4.46. The van der Waals surface area contributed by atoms with Crippen LogP contribution in [0.25, 0.3) is 5.57 Å². The van der Waals surface area contributed by atoms with Gasteiger partial charge in [0.2, 0.25) is 0 Å². The number of benzene rings is 1. The van der Waals surface area contributed by atoms with Crippen LogP contribution in [0, 0.1) is 0 Å². The summed E-state index contributed by atoms with van der Waals surface area (Å²) in [5, 5.41) is 2.52. The lowest BCUT2D eigenvalue weighted by Gasteiger charge is -2.42. The van der Waals surface area contributed by atoms with Gasteiger partial charge in [0.1, 0.15) is 17.3 Å². The standard InChI is InChI=1S/C19H16ClF3N2O3/c1-12(19(21,22)23)15-7-14(8-16(20)24-15)18(10-27-11-18)25-17(26)28-9-13-5-3-2-4-6-13/h2-8H,1,9-11H2,(H,25,26). The third kappa shape index (κ3) is 4.45. The van der Waals surface area contributed by atoms with Gasteiger partial charge in [-0.05, 0) is 23.3 Å². The van der Waals surface area contributed by atoms with E-state index in [0.717, 1.165) is 5.56 Å².